The molecule has 0 fully saturated rings. The number of rotatable bonds is 4. The molecule has 1 aromatic rings. The maximum atomic E-state index is 13.2. The topological polar surface area (TPSA) is 35.5 Å². The predicted octanol–water partition coefficient (Wildman–Crippen LogP) is 3.17. The standard InChI is InChI=1S/C12H14BrFO3/c1-12(2,11(15)16-3)7-17-8-4-5-9(13)10(14)6-8/h4-6H,7H2,1-3H3. The van der Waals surface area contributed by atoms with Crippen molar-refractivity contribution in [3.63, 3.8) is 0 Å². The van der Waals surface area contributed by atoms with Gasteiger partial charge in [0.1, 0.15) is 18.2 Å². The van der Waals surface area contributed by atoms with Crippen molar-refractivity contribution in [1.29, 1.82) is 0 Å². The summed E-state index contributed by atoms with van der Waals surface area (Å²) in [7, 11) is 1.32. The third-order valence-electron chi connectivity index (χ3n) is 2.23. The van der Waals surface area contributed by atoms with E-state index in [0.717, 1.165) is 0 Å². The van der Waals surface area contributed by atoms with Crippen molar-refractivity contribution < 1.29 is 18.7 Å². The first kappa shape index (κ1) is 14.0. The van der Waals surface area contributed by atoms with Crippen LogP contribution in [0.4, 0.5) is 4.39 Å². The molecule has 0 bridgehead atoms. The molecule has 0 aliphatic rings. The van der Waals surface area contributed by atoms with E-state index in [1.54, 1.807) is 26.0 Å². The fourth-order valence-electron chi connectivity index (χ4n) is 1.17. The maximum absolute atomic E-state index is 13.2. The summed E-state index contributed by atoms with van der Waals surface area (Å²) >= 11 is 3.05. The molecular formula is C12H14BrFO3. The first-order valence-electron chi connectivity index (χ1n) is 5.03. The maximum Gasteiger partial charge on any atom is 0.314 e. The van der Waals surface area contributed by atoms with Gasteiger partial charge in [-0.1, -0.05) is 0 Å². The van der Waals surface area contributed by atoms with Crippen LogP contribution in [0.3, 0.4) is 0 Å². The Kier molecular flexibility index (Phi) is 4.51. The average Bonchev–Trinajstić information content (AvgIpc) is 2.29. The van der Waals surface area contributed by atoms with Gasteiger partial charge in [-0.05, 0) is 41.9 Å². The van der Waals surface area contributed by atoms with Crippen LogP contribution in [0.2, 0.25) is 0 Å². The van der Waals surface area contributed by atoms with E-state index in [1.165, 1.54) is 13.2 Å². The van der Waals surface area contributed by atoms with Crippen LogP contribution in [-0.4, -0.2) is 19.7 Å². The van der Waals surface area contributed by atoms with Gasteiger partial charge in [0.25, 0.3) is 0 Å². The Balaban J connectivity index is 2.67. The number of esters is 1. The van der Waals surface area contributed by atoms with Gasteiger partial charge in [-0.25, -0.2) is 4.39 Å². The molecule has 5 heteroatoms. The molecule has 0 N–H and O–H groups in total. The van der Waals surface area contributed by atoms with Gasteiger partial charge >= 0.3 is 5.97 Å². The molecule has 0 spiro atoms. The molecule has 17 heavy (non-hydrogen) atoms. The lowest BCUT2D eigenvalue weighted by molar-refractivity contribution is -0.152. The molecule has 94 valence electrons. The van der Waals surface area contributed by atoms with E-state index in [9.17, 15) is 9.18 Å². The van der Waals surface area contributed by atoms with E-state index in [-0.39, 0.29) is 12.6 Å². The summed E-state index contributed by atoms with van der Waals surface area (Å²) in [6.45, 7) is 3.53. The monoisotopic (exact) mass is 304 g/mol. The fourth-order valence-corrected chi connectivity index (χ4v) is 1.41. The minimum Gasteiger partial charge on any atom is -0.492 e. The normalized spacial score (nSPS) is 11.1. The predicted molar refractivity (Wildman–Crippen MR) is 65.4 cm³/mol. The summed E-state index contributed by atoms with van der Waals surface area (Å²) < 4.78 is 23.6. The second kappa shape index (κ2) is 5.49. The number of benzene rings is 1. The fraction of sp³-hybridized carbons (Fsp3) is 0.417. The van der Waals surface area contributed by atoms with Gasteiger partial charge in [-0.2, -0.15) is 0 Å². The van der Waals surface area contributed by atoms with Crippen LogP contribution in [0.1, 0.15) is 13.8 Å². The van der Waals surface area contributed by atoms with Gasteiger partial charge in [0, 0.05) is 6.07 Å². The molecule has 0 heterocycles. The van der Waals surface area contributed by atoms with E-state index in [4.69, 9.17) is 4.74 Å². The minimum absolute atomic E-state index is 0.126. The van der Waals surface area contributed by atoms with Crippen molar-refractivity contribution in [2.24, 2.45) is 5.41 Å². The summed E-state index contributed by atoms with van der Waals surface area (Å²) in [6, 6.07) is 4.44. The second-order valence-corrected chi connectivity index (χ2v) is 5.09. The van der Waals surface area contributed by atoms with E-state index in [1.807, 2.05) is 0 Å². The highest BCUT2D eigenvalue weighted by Gasteiger charge is 2.29. The highest BCUT2D eigenvalue weighted by atomic mass is 79.9. The first-order valence-corrected chi connectivity index (χ1v) is 5.82. The highest BCUT2D eigenvalue weighted by molar-refractivity contribution is 9.10. The van der Waals surface area contributed by atoms with Gasteiger partial charge in [-0.15, -0.1) is 0 Å². The van der Waals surface area contributed by atoms with E-state index >= 15 is 0 Å². The van der Waals surface area contributed by atoms with Gasteiger partial charge in [0.05, 0.1) is 17.0 Å². The summed E-state index contributed by atoms with van der Waals surface area (Å²) in [5.74, 6) is -0.392. The largest absolute Gasteiger partial charge is 0.492 e. The molecule has 0 aromatic heterocycles. The van der Waals surface area contributed by atoms with E-state index < -0.39 is 11.2 Å². The third kappa shape index (κ3) is 3.70. The van der Waals surface area contributed by atoms with Crippen molar-refractivity contribution in [2.45, 2.75) is 13.8 Å². The SMILES string of the molecule is COC(=O)C(C)(C)COc1ccc(Br)c(F)c1. The Morgan fingerprint density at radius 3 is 2.65 bits per heavy atom. The summed E-state index contributed by atoms with van der Waals surface area (Å²) in [6.07, 6.45) is 0. The van der Waals surface area contributed by atoms with Crippen LogP contribution in [0.15, 0.2) is 22.7 Å². The van der Waals surface area contributed by atoms with E-state index in [2.05, 4.69) is 20.7 Å². The lowest BCUT2D eigenvalue weighted by atomic mass is 9.95. The van der Waals surface area contributed by atoms with Crippen LogP contribution in [0, 0.1) is 11.2 Å². The van der Waals surface area contributed by atoms with Crippen LogP contribution < -0.4 is 4.74 Å². The Hall–Kier alpha value is -1.10. The molecule has 3 nitrogen and oxygen atoms in total. The quantitative estimate of drug-likeness (QED) is 0.802. The van der Waals surface area contributed by atoms with Crippen LogP contribution in [0.5, 0.6) is 5.75 Å². The molecule has 0 saturated heterocycles. The zero-order valence-electron chi connectivity index (χ0n) is 9.92. The van der Waals surface area contributed by atoms with Gasteiger partial charge in [0.2, 0.25) is 0 Å². The van der Waals surface area contributed by atoms with Crippen molar-refractivity contribution >= 4 is 21.9 Å². The molecule has 1 rings (SSSR count). The highest BCUT2D eigenvalue weighted by Crippen LogP contribution is 2.24. The van der Waals surface area contributed by atoms with Gasteiger partial charge in [-0.3, -0.25) is 4.79 Å². The van der Waals surface area contributed by atoms with E-state index in [0.29, 0.717) is 10.2 Å². The Labute approximate surface area is 108 Å². The number of halogens is 2. The molecule has 0 unspecified atom stereocenters. The van der Waals surface area contributed by atoms with Gasteiger partial charge < -0.3 is 9.47 Å². The molecule has 0 aliphatic heterocycles. The smallest absolute Gasteiger partial charge is 0.314 e. The zero-order chi connectivity index (χ0) is 13.1. The number of hydrogen-bond acceptors (Lipinski definition) is 3. The van der Waals surface area contributed by atoms with Crippen molar-refractivity contribution in [3.05, 3.63) is 28.5 Å². The minimum atomic E-state index is -0.766. The zero-order valence-corrected chi connectivity index (χ0v) is 11.5. The summed E-state index contributed by atoms with van der Waals surface area (Å²) in [5, 5.41) is 0. The second-order valence-electron chi connectivity index (χ2n) is 4.24. The molecule has 0 atom stereocenters. The number of carbonyl (C=O) groups is 1. The average molecular weight is 305 g/mol. The Bertz CT molecular complexity index is 418. The summed E-state index contributed by atoms with van der Waals surface area (Å²) in [5.41, 5.74) is -0.766. The molecule has 0 saturated carbocycles. The first-order chi connectivity index (χ1) is 7.86. The van der Waals surface area contributed by atoms with Gasteiger partial charge in [0.15, 0.2) is 0 Å². The van der Waals surface area contributed by atoms with Crippen LogP contribution in [0.25, 0.3) is 0 Å². The lowest BCUT2D eigenvalue weighted by Gasteiger charge is -2.21. The molecule has 1 aromatic carbocycles. The third-order valence-corrected chi connectivity index (χ3v) is 2.87. The molecule has 0 radical (unpaired) electrons. The Morgan fingerprint density at radius 1 is 1.47 bits per heavy atom. The van der Waals surface area contributed by atoms with Crippen molar-refractivity contribution in [3.8, 4) is 5.75 Å². The van der Waals surface area contributed by atoms with Crippen LogP contribution in [-0.2, 0) is 9.53 Å². The molecular weight excluding hydrogens is 291 g/mol. The van der Waals surface area contributed by atoms with Crippen molar-refractivity contribution in [2.75, 3.05) is 13.7 Å². The lowest BCUT2D eigenvalue weighted by Crippen LogP contribution is -2.32. The summed E-state index contributed by atoms with van der Waals surface area (Å²) in [4.78, 5) is 11.4. The number of methoxy groups -OCH3 is 1. The van der Waals surface area contributed by atoms with Crippen molar-refractivity contribution in [1.82, 2.24) is 0 Å². The molecule has 0 aliphatic carbocycles. The molecule has 0 amide bonds. The number of hydrogen-bond donors (Lipinski definition) is 0. The number of ether oxygens (including phenoxy) is 2. The number of carbonyl (C=O) groups excluding carboxylic acids is 1. The van der Waals surface area contributed by atoms with Crippen LogP contribution >= 0.6 is 15.9 Å². The Morgan fingerprint density at radius 2 is 2.12 bits per heavy atom.